The Bertz CT molecular complexity index is 1660. The van der Waals surface area contributed by atoms with Crippen LogP contribution in [0, 0.1) is 0 Å². The van der Waals surface area contributed by atoms with E-state index in [4.69, 9.17) is 14.2 Å². The molecule has 0 spiro atoms. The summed E-state index contributed by atoms with van der Waals surface area (Å²) in [6, 6.07) is 26.6. The number of hydrogen-bond donors (Lipinski definition) is 1. The predicted molar refractivity (Wildman–Crippen MR) is 153 cm³/mol. The van der Waals surface area contributed by atoms with Gasteiger partial charge in [0, 0.05) is 11.8 Å². The van der Waals surface area contributed by atoms with Crippen LogP contribution in [0.5, 0.6) is 17.2 Å². The highest BCUT2D eigenvalue weighted by Gasteiger charge is 2.36. The molecule has 1 saturated heterocycles. The minimum atomic E-state index is -0.519. The molecule has 2 aliphatic rings. The van der Waals surface area contributed by atoms with Crippen LogP contribution in [-0.2, 0) is 16.2 Å². The van der Waals surface area contributed by atoms with Crippen molar-refractivity contribution in [2.24, 2.45) is 0 Å². The van der Waals surface area contributed by atoms with Gasteiger partial charge in [-0.25, -0.2) is 0 Å². The van der Waals surface area contributed by atoms with E-state index >= 15 is 0 Å². The molecule has 0 aromatic heterocycles. The number of benzene rings is 4. The van der Waals surface area contributed by atoms with Crippen LogP contribution in [0.1, 0.15) is 11.1 Å². The maximum Gasteiger partial charge on any atom is 0.294 e. The lowest BCUT2D eigenvalue weighted by Gasteiger charge is -2.19. The van der Waals surface area contributed by atoms with Gasteiger partial charge in [0.25, 0.3) is 11.1 Å². The summed E-state index contributed by atoms with van der Waals surface area (Å²) in [7, 11) is 0. The van der Waals surface area contributed by atoms with Gasteiger partial charge in [0.15, 0.2) is 11.5 Å². The Balaban J connectivity index is 1.10. The van der Waals surface area contributed by atoms with Gasteiger partial charge in [-0.3, -0.25) is 19.3 Å². The van der Waals surface area contributed by atoms with Crippen molar-refractivity contribution in [3.8, 4) is 17.2 Å². The number of ether oxygens (including phenoxy) is 3. The summed E-state index contributed by atoms with van der Waals surface area (Å²) >= 11 is 0.802. The van der Waals surface area contributed by atoms with Crippen LogP contribution in [0.4, 0.5) is 10.5 Å². The lowest BCUT2D eigenvalue weighted by molar-refractivity contribution is -0.127. The summed E-state index contributed by atoms with van der Waals surface area (Å²) < 4.78 is 17.1. The van der Waals surface area contributed by atoms with Gasteiger partial charge in [-0.2, -0.15) is 0 Å². The second-order valence-electron chi connectivity index (χ2n) is 9.17. The maximum atomic E-state index is 13.0. The number of nitrogens with zero attached hydrogens (tertiary/aromatic N) is 1. The first-order chi connectivity index (χ1) is 19.5. The van der Waals surface area contributed by atoms with E-state index < -0.39 is 23.6 Å². The van der Waals surface area contributed by atoms with E-state index in [-0.39, 0.29) is 4.91 Å². The average molecular weight is 553 g/mol. The second-order valence-corrected chi connectivity index (χ2v) is 10.2. The summed E-state index contributed by atoms with van der Waals surface area (Å²) in [5.41, 5.74) is 2.26. The molecule has 1 fully saturated rings. The van der Waals surface area contributed by atoms with Gasteiger partial charge in [0.2, 0.25) is 5.91 Å². The molecule has 0 radical (unpaired) electrons. The van der Waals surface area contributed by atoms with Crippen LogP contribution >= 0.6 is 11.8 Å². The van der Waals surface area contributed by atoms with E-state index in [2.05, 4.69) is 23.5 Å². The number of imide groups is 1. The molecule has 200 valence electrons. The molecule has 0 saturated carbocycles. The second kappa shape index (κ2) is 11.2. The zero-order valence-electron chi connectivity index (χ0n) is 21.3. The molecule has 0 aliphatic carbocycles. The van der Waals surface area contributed by atoms with Gasteiger partial charge in [-0.1, -0.05) is 54.6 Å². The smallest absolute Gasteiger partial charge is 0.294 e. The number of rotatable bonds is 7. The van der Waals surface area contributed by atoms with Crippen LogP contribution in [0.25, 0.3) is 16.8 Å². The molecule has 8 nitrogen and oxygen atoms in total. The molecular weight excluding hydrogens is 528 g/mol. The van der Waals surface area contributed by atoms with E-state index in [1.807, 2.05) is 48.5 Å². The van der Waals surface area contributed by atoms with Crippen molar-refractivity contribution in [3.05, 3.63) is 101 Å². The molecule has 6 rings (SSSR count). The van der Waals surface area contributed by atoms with Gasteiger partial charge < -0.3 is 19.5 Å². The quantitative estimate of drug-likeness (QED) is 0.287. The summed E-state index contributed by atoms with van der Waals surface area (Å²) in [4.78, 5) is 39.4. The van der Waals surface area contributed by atoms with Gasteiger partial charge in [0.05, 0.1) is 4.91 Å². The molecule has 0 unspecified atom stereocenters. The SMILES string of the molecule is O=C(CN1C(=O)S/C(=C/c2cccc(OCc3cccc4ccccc34)c2)C1=O)Nc1ccc2c(c1)OCCO2. The normalized spacial score (nSPS) is 15.5. The van der Waals surface area contributed by atoms with Gasteiger partial charge in [0.1, 0.15) is 32.1 Å². The lowest BCUT2D eigenvalue weighted by Crippen LogP contribution is -2.36. The minimum absolute atomic E-state index is 0.239. The molecule has 2 heterocycles. The molecule has 0 bridgehead atoms. The van der Waals surface area contributed by atoms with Crippen molar-refractivity contribution >= 4 is 51.4 Å². The topological polar surface area (TPSA) is 94.2 Å². The van der Waals surface area contributed by atoms with E-state index in [1.165, 1.54) is 0 Å². The summed E-state index contributed by atoms with van der Waals surface area (Å²) in [5.74, 6) is 0.753. The van der Waals surface area contributed by atoms with Crippen molar-refractivity contribution in [1.29, 1.82) is 0 Å². The monoisotopic (exact) mass is 552 g/mol. The first-order valence-electron chi connectivity index (χ1n) is 12.7. The van der Waals surface area contributed by atoms with Gasteiger partial charge >= 0.3 is 0 Å². The third-order valence-corrected chi connectivity index (χ3v) is 7.34. The number of amides is 3. The Labute approximate surface area is 234 Å². The number of carbonyl (C=O) groups is 3. The van der Waals surface area contributed by atoms with E-state index in [9.17, 15) is 14.4 Å². The number of thioether (sulfide) groups is 1. The largest absolute Gasteiger partial charge is 0.489 e. The Hall–Kier alpha value is -4.76. The number of anilines is 1. The molecule has 3 amide bonds. The van der Waals surface area contributed by atoms with Crippen molar-refractivity contribution in [3.63, 3.8) is 0 Å². The molecular formula is C31H24N2O6S. The van der Waals surface area contributed by atoms with Gasteiger partial charge in [-0.15, -0.1) is 0 Å². The minimum Gasteiger partial charge on any atom is -0.489 e. The first kappa shape index (κ1) is 25.5. The standard InChI is InChI=1S/C31H24N2O6S/c34-29(32-23-11-12-26-27(17-23)38-14-13-37-26)18-33-30(35)28(40-31(33)36)16-20-5-3-9-24(15-20)39-19-22-8-4-7-21-6-1-2-10-25(21)22/h1-12,15-17H,13-14,18-19H2,(H,32,34)/b28-16+. The Morgan fingerprint density at radius 3 is 2.62 bits per heavy atom. The molecule has 1 N–H and O–H groups in total. The lowest BCUT2D eigenvalue weighted by atomic mass is 10.1. The molecule has 9 heteroatoms. The first-order valence-corrected chi connectivity index (χ1v) is 13.5. The molecule has 0 atom stereocenters. The number of nitrogens with one attached hydrogen (secondary N) is 1. The zero-order valence-corrected chi connectivity index (χ0v) is 22.1. The third-order valence-electron chi connectivity index (χ3n) is 6.43. The van der Waals surface area contributed by atoms with Crippen molar-refractivity contribution in [2.75, 3.05) is 25.1 Å². The van der Waals surface area contributed by atoms with E-state index in [0.717, 1.165) is 33.0 Å². The summed E-state index contributed by atoms with van der Waals surface area (Å²) in [6.07, 6.45) is 1.63. The number of fused-ring (bicyclic) bond motifs is 2. The molecule has 2 aliphatic heterocycles. The average Bonchev–Trinajstić information content (AvgIpc) is 3.23. The van der Waals surface area contributed by atoms with Crippen molar-refractivity contribution < 1.29 is 28.6 Å². The highest BCUT2D eigenvalue weighted by atomic mass is 32.2. The predicted octanol–water partition coefficient (Wildman–Crippen LogP) is 5.87. The highest BCUT2D eigenvalue weighted by molar-refractivity contribution is 8.18. The Morgan fingerprint density at radius 1 is 0.925 bits per heavy atom. The number of hydrogen-bond acceptors (Lipinski definition) is 7. The van der Waals surface area contributed by atoms with Crippen LogP contribution in [0.3, 0.4) is 0 Å². The summed E-state index contributed by atoms with van der Waals surface area (Å²) in [5, 5.41) is 4.48. The van der Waals surface area contributed by atoms with Crippen LogP contribution in [-0.4, -0.2) is 41.7 Å². The number of carbonyl (C=O) groups excluding carboxylic acids is 3. The van der Waals surface area contributed by atoms with E-state index in [1.54, 1.807) is 24.3 Å². The van der Waals surface area contributed by atoms with Crippen LogP contribution in [0.15, 0.2) is 89.8 Å². The maximum absolute atomic E-state index is 13.0. The summed E-state index contributed by atoms with van der Waals surface area (Å²) in [6.45, 7) is 0.880. The van der Waals surface area contributed by atoms with Crippen molar-refractivity contribution in [1.82, 2.24) is 4.90 Å². The Kier molecular flexibility index (Phi) is 7.11. The fraction of sp³-hybridized carbons (Fsp3) is 0.129. The van der Waals surface area contributed by atoms with Crippen LogP contribution in [0.2, 0.25) is 0 Å². The van der Waals surface area contributed by atoms with E-state index in [0.29, 0.717) is 48.3 Å². The third kappa shape index (κ3) is 5.50. The van der Waals surface area contributed by atoms with Crippen LogP contribution < -0.4 is 19.5 Å². The molecule has 40 heavy (non-hydrogen) atoms. The van der Waals surface area contributed by atoms with Gasteiger partial charge in [-0.05, 0) is 64.0 Å². The highest BCUT2D eigenvalue weighted by Crippen LogP contribution is 2.34. The molecule has 4 aromatic carbocycles. The zero-order chi connectivity index (χ0) is 27.5. The van der Waals surface area contributed by atoms with Crippen molar-refractivity contribution in [2.45, 2.75) is 6.61 Å². The molecule has 4 aromatic rings. The fourth-order valence-electron chi connectivity index (χ4n) is 4.53. The fourth-order valence-corrected chi connectivity index (χ4v) is 5.36. The Morgan fingerprint density at radius 2 is 1.73 bits per heavy atom.